The maximum absolute atomic E-state index is 10.9. The van der Waals surface area contributed by atoms with E-state index < -0.39 is 16.1 Å². The number of hydrogen-bond acceptors (Lipinski definition) is 3. The monoisotopic (exact) mass is 255 g/mol. The Morgan fingerprint density at radius 2 is 2.06 bits per heavy atom. The Bertz CT molecular complexity index is 510. The smallest absolute Gasteiger partial charge is 0.208 e. The maximum Gasteiger partial charge on any atom is 0.208 e. The summed E-state index contributed by atoms with van der Waals surface area (Å²) in [5.74, 6) is 0. The highest BCUT2D eigenvalue weighted by Gasteiger charge is 2.15. The van der Waals surface area contributed by atoms with Crippen molar-refractivity contribution >= 4 is 10.0 Å². The summed E-state index contributed by atoms with van der Waals surface area (Å²) in [6, 6.07) is 5.89. The van der Waals surface area contributed by atoms with Gasteiger partial charge in [0.25, 0.3) is 0 Å². The number of hydrogen-bond donors (Lipinski definition) is 2. The fraction of sp³-hybridized carbons (Fsp3) is 0.500. The summed E-state index contributed by atoms with van der Waals surface area (Å²) in [7, 11) is -3.25. The third kappa shape index (κ3) is 3.28. The standard InChI is InChI=1S/C12H17NO3S/c1-17(15,16)13-8-12(14)11-6-5-9-3-2-4-10(9)7-11/h5-7,12-14H,2-4,8H2,1H3. The second-order valence-corrected chi connectivity index (χ2v) is 6.35. The summed E-state index contributed by atoms with van der Waals surface area (Å²) in [5, 5.41) is 9.89. The summed E-state index contributed by atoms with van der Waals surface area (Å²) in [6.07, 6.45) is 3.62. The molecule has 1 unspecified atom stereocenters. The molecule has 0 amide bonds. The molecule has 0 bridgehead atoms. The van der Waals surface area contributed by atoms with Gasteiger partial charge in [0, 0.05) is 6.54 Å². The molecule has 17 heavy (non-hydrogen) atoms. The predicted octanol–water partition coefficient (Wildman–Crippen LogP) is 0.758. The molecule has 0 radical (unpaired) electrons. The molecule has 0 saturated heterocycles. The molecule has 0 heterocycles. The first kappa shape index (κ1) is 12.5. The fourth-order valence-electron chi connectivity index (χ4n) is 2.15. The van der Waals surface area contributed by atoms with E-state index in [1.54, 1.807) is 0 Å². The van der Waals surface area contributed by atoms with Gasteiger partial charge < -0.3 is 5.11 Å². The fourth-order valence-corrected chi connectivity index (χ4v) is 2.61. The van der Waals surface area contributed by atoms with E-state index in [-0.39, 0.29) is 6.54 Å². The lowest BCUT2D eigenvalue weighted by atomic mass is 10.0. The molecule has 1 aromatic carbocycles. The van der Waals surface area contributed by atoms with Crippen LogP contribution in [0.25, 0.3) is 0 Å². The molecule has 1 aromatic rings. The van der Waals surface area contributed by atoms with Crippen LogP contribution < -0.4 is 4.72 Å². The van der Waals surface area contributed by atoms with Gasteiger partial charge in [-0.15, -0.1) is 0 Å². The highest BCUT2D eigenvalue weighted by molar-refractivity contribution is 7.88. The van der Waals surface area contributed by atoms with E-state index in [1.165, 1.54) is 11.1 Å². The Labute approximate surface area is 102 Å². The molecule has 4 nitrogen and oxygen atoms in total. The van der Waals surface area contributed by atoms with Gasteiger partial charge in [-0.1, -0.05) is 18.2 Å². The molecule has 5 heteroatoms. The number of nitrogens with one attached hydrogen (secondary N) is 1. The number of rotatable bonds is 4. The molecule has 94 valence electrons. The summed E-state index contributed by atoms with van der Waals surface area (Å²) in [6.45, 7) is 0.0254. The second kappa shape index (κ2) is 4.76. The Kier molecular flexibility index (Phi) is 3.51. The molecule has 1 aliphatic carbocycles. The van der Waals surface area contributed by atoms with Crippen LogP contribution in [0.5, 0.6) is 0 Å². The van der Waals surface area contributed by atoms with Crippen molar-refractivity contribution in [2.24, 2.45) is 0 Å². The first-order valence-electron chi connectivity index (χ1n) is 5.70. The minimum absolute atomic E-state index is 0.0254. The van der Waals surface area contributed by atoms with Gasteiger partial charge in [-0.3, -0.25) is 0 Å². The summed E-state index contributed by atoms with van der Waals surface area (Å²) in [5.41, 5.74) is 3.40. The highest BCUT2D eigenvalue weighted by Crippen LogP contribution is 2.25. The van der Waals surface area contributed by atoms with Gasteiger partial charge >= 0.3 is 0 Å². The van der Waals surface area contributed by atoms with Gasteiger partial charge in [0.1, 0.15) is 0 Å². The first-order valence-corrected chi connectivity index (χ1v) is 7.59. The third-order valence-corrected chi connectivity index (χ3v) is 3.74. The Hall–Kier alpha value is -0.910. The van der Waals surface area contributed by atoms with Crippen molar-refractivity contribution in [1.82, 2.24) is 4.72 Å². The van der Waals surface area contributed by atoms with E-state index in [0.717, 1.165) is 31.1 Å². The lowest BCUT2D eigenvalue weighted by molar-refractivity contribution is 0.182. The molecule has 2 N–H and O–H groups in total. The third-order valence-electron chi connectivity index (χ3n) is 3.05. The number of aliphatic hydroxyl groups excluding tert-OH is 1. The van der Waals surface area contributed by atoms with Gasteiger partial charge in [-0.05, 0) is 36.0 Å². The van der Waals surface area contributed by atoms with Crippen molar-refractivity contribution in [3.05, 3.63) is 34.9 Å². The molecule has 0 fully saturated rings. The molecule has 1 atom stereocenters. The van der Waals surface area contributed by atoms with Crippen LogP contribution in [-0.2, 0) is 22.9 Å². The predicted molar refractivity (Wildman–Crippen MR) is 66.3 cm³/mol. The largest absolute Gasteiger partial charge is 0.387 e. The van der Waals surface area contributed by atoms with E-state index in [2.05, 4.69) is 4.72 Å². The Morgan fingerprint density at radius 1 is 1.35 bits per heavy atom. The van der Waals surface area contributed by atoms with Crippen LogP contribution in [0.4, 0.5) is 0 Å². The van der Waals surface area contributed by atoms with Crippen LogP contribution >= 0.6 is 0 Å². The van der Waals surface area contributed by atoms with Crippen molar-refractivity contribution in [2.75, 3.05) is 12.8 Å². The van der Waals surface area contributed by atoms with Crippen molar-refractivity contribution in [2.45, 2.75) is 25.4 Å². The minimum atomic E-state index is -3.25. The van der Waals surface area contributed by atoms with E-state index in [1.807, 2.05) is 18.2 Å². The van der Waals surface area contributed by atoms with Crippen LogP contribution in [0, 0.1) is 0 Å². The van der Waals surface area contributed by atoms with Crippen molar-refractivity contribution < 1.29 is 13.5 Å². The summed E-state index contributed by atoms with van der Waals surface area (Å²) < 4.78 is 24.2. The Balaban J connectivity index is 2.07. The van der Waals surface area contributed by atoms with Crippen LogP contribution in [0.2, 0.25) is 0 Å². The normalized spacial score (nSPS) is 16.8. The summed E-state index contributed by atoms with van der Waals surface area (Å²) >= 11 is 0. The lowest BCUT2D eigenvalue weighted by Crippen LogP contribution is -2.27. The molecular weight excluding hydrogens is 238 g/mol. The van der Waals surface area contributed by atoms with Crippen molar-refractivity contribution in [3.8, 4) is 0 Å². The zero-order valence-electron chi connectivity index (χ0n) is 9.81. The number of aliphatic hydroxyl groups is 1. The topological polar surface area (TPSA) is 66.4 Å². The lowest BCUT2D eigenvalue weighted by Gasteiger charge is -2.12. The molecule has 0 saturated carbocycles. The maximum atomic E-state index is 10.9. The molecular formula is C12H17NO3S. The van der Waals surface area contributed by atoms with E-state index >= 15 is 0 Å². The van der Waals surface area contributed by atoms with E-state index in [4.69, 9.17) is 0 Å². The Morgan fingerprint density at radius 3 is 2.76 bits per heavy atom. The average Bonchev–Trinajstić information content (AvgIpc) is 2.71. The highest BCUT2D eigenvalue weighted by atomic mass is 32.2. The number of sulfonamides is 1. The molecule has 0 aromatic heterocycles. The quantitative estimate of drug-likeness (QED) is 0.834. The van der Waals surface area contributed by atoms with Gasteiger partial charge in [0.15, 0.2) is 0 Å². The van der Waals surface area contributed by atoms with Crippen LogP contribution in [0.1, 0.15) is 29.2 Å². The van der Waals surface area contributed by atoms with Crippen LogP contribution in [0.3, 0.4) is 0 Å². The molecule has 0 spiro atoms. The van der Waals surface area contributed by atoms with Gasteiger partial charge in [-0.25, -0.2) is 13.1 Å². The molecule has 1 aliphatic rings. The van der Waals surface area contributed by atoms with Crippen molar-refractivity contribution in [3.63, 3.8) is 0 Å². The molecule has 2 rings (SSSR count). The first-order chi connectivity index (χ1) is 7.96. The SMILES string of the molecule is CS(=O)(=O)NCC(O)c1ccc2c(c1)CCC2. The van der Waals surface area contributed by atoms with Gasteiger partial charge in [0.05, 0.1) is 12.4 Å². The number of aryl methyl sites for hydroxylation is 2. The number of fused-ring (bicyclic) bond motifs is 1. The molecule has 0 aliphatic heterocycles. The minimum Gasteiger partial charge on any atom is -0.387 e. The zero-order valence-corrected chi connectivity index (χ0v) is 10.6. The van der Waals surface area contributed by atoms with E-state index in [0.29, 0.717) is 0 Å². The average molecular weight is 255 g/mol. The summed E-state index contributed by atoms with van der Waals surface area (Å²) in [4.78, 5) is 0. The van der Waals surface area contributed by atoms with Crippen molar-refractivity contribution in [1.29, 1.82) is 0 Å². The van der Waals surface area contributed by atoms with Crippen LogP contribution in [0.15, 0.2) is 18.2 Å². The number of benzene rings is 1. The van der Waals surface area contributed by atoms with Crippen LogP contribution in [-0.4, -0.2) is 26.3 Å². The van der Waals surface area contributed by atoms with E-state index in [9.17, 15) is 13.5 Å². The second-order valence-electron chi connectivity index (χ2n) is 4.52. The van der Waals surface area contributed by atoms with Gasteiger partial charge in [-0.2, -0.15) is 0 Å². The van der Waals surface area contributed by atoms with Gasteiger partial charge in [0.2, 0.25) is 10.0 Å². The zero-order chi connectivity index (χ0) is 12.5.